The van der Waals surface area contributed by atoms with E-state index in [2.05, 4.69) is 16.3 Å². The van der Waals surface area contributed by atoms with Gasteiger partial charge in [-0.3, -0.25) is 0 Å². The van der Waals surface area contributed by atoms with Crippen LogP contribution in [0.25, 0.3) is 0 Å². The first-order valence-corrected chi connectivity index (χ1v) is 10.1. The Morgan fingerprint density at radius 1 is 1.24 bits per heavy atom. The van der Waals surface area contributed by atoms with Crippen molar-refractivity contribution < 1.29 is 12.8 Å². The van der Waals surface area contributed by atoms with Crippen LogP contribution in [0, 0.1) is 6.92 Å². The van der Waals surface area contributed by atoms with Crippen LogP contribution >= 0.6 is 11.8 Å². The first kappa shape index (κ1) is 18.5. The van der Waals surface area contributed by atoms with Gasteiger partial charge < -0.3 is 9.73 Å². The maximum Gasteiger partial charge on any atom is 0.244 e. The topological polar surface area (TPSA) is 71.3 Å². The van der Waals surface area contributed by atoms with E-state index in [1.807, 2.05) is 11.8 Å². The summed E-state index contributed by atoms with van der Waals surface area (Å²) in [6, 6.07) is 1.59. The Kier molecular flexibility index (Phi) is 8.39. The molecule has 0 saturated heterocycles. The van der Waals surface area contributed by atoms with Crippen LogP contribution in [0.2, 0.25) is 0 Å². The zero-order valence-corrected chi connectivity index (χ0v) is 14.7. The van der Waals surface area contributed by atoms with Crippen LogP contribution < -0.4 is 10.0 Å². The predicted molar refractivity (Wildman–Crippen MR) is 88.2 cm³/mol. The molecule has 21 heavy (non-hydrogen) atoms. The van der Waals surface area contributed by atoms with Crippen molar-refractivity contribution >= 4 is 21.8 Å². The van der Waals surface area contributed by atoms with E-state index in [9.17, 15) is 8.42 Å². The molecule has 1 rings (SSSR count). The molecule has 0 bridgehead atoms. The van der Waals surface area contributed by atoms with E-state index in [4.69, 9.17) is 4.42 Å². The van der Waals surface area contributed by atoms with Crippen LogP contribution in [0.1, 0.15) is 37.2 Å². The smallest absolute Gasteiger partial charge is 0.244 e. The number of sulfonamides is 1. The molecule has 0 saturated carbocycles. The van der Waals surface area contributed by atoms with Crippen molar-refractivity contribution in [2.75, 3.05) is 25.6 Å². The van der Waals surface area contributed by atoms with E-state index >= 15 is 0 Å². The quantitative estimate of drug-likeness (QED) is 0.609. The Balaban J connectivity index is 2.43. The first-order valence-electron chi connectivity index (χ1n) is 7.23. The molecule has 1 heterocycles. The van der Waals surface area contributed by atoms with Crippen molar-refractivity contribution in [3.63, 3.8) is 0 Å². The van der Waals surface area contributed by atoms with Crippen LogP contribution in [-0.2, 0) is 16.6 Å². The molecule has 0 amide bonds. The van der Waals surface area contributed by atoms with Crippen molar-refractivity contribution in [2.24, 2.45) is 0 Å². The molecule has 0 aromatic carbocycles. The number of nitrogens with one attached hydrogen (secondary N) is 2. The van der Waals surface area contributed by atoms with Crippen LogP contribution in [0.4, 0.5) is 0 Å². The Morgan fingerprint density at radius 3 is 2.62 bits per heavy atom. The monoisotopic (exact) mass is 334 g/mol. The zero-order chi connectivity index (χ0) is 15.7. The van der Waals surface area contributed by atoms with E-state index in [1.165, 1.54) is 12.2 Å². The third-order valence-corrected chi connectivity index (χ3v) is 5.40. The fourth-order valence-corrected chi connectivity index (χ4v) is 3.83. The second-order valence-corrected chi connectivity index (χ2v) is 7.69. The summed E-state index contributed by atoms with van der Waals surface area (Å²) in [5.74, 6) is 2.24. The van der Waals surface area contributed by atoms with Gasteiger partial charge in [0.25, 0.3) is 0 Å². The molecule has 0 aliphatic rings. The van der Waals surface area contributed by atoms with E-state index in [1.54, 1.807) is 20.0 Å². The first-order chi connectivity index (χ1) is 10.0. The van der Waals surface area contributed by atoms with E-state index < -0.39 is 10.0 Å². The van der Waals surface area contributed by atoms with E-state index in [-0.39, 0.29) is 4.90 Å². The third-order valence-electron chi connectivity index (χ3n) is 3.13. The van der Waals surface area contributed by atoms with Crippen LogP contribution in [0.15, 0.2) is 15.4 Å². The molecule has 122 valence electrons. The molecular formula is C14H26N2O3S2. The van der Waals surface area contributed by atoms with E-state index in [0.717, 1.165) is 19.3 Å². The highest BCUT2D eigenvalue weighted by atomic mass is 32.2. The third kappa shape index (κ3) is 6.42. The summed E-state index contributed by atoms with van der Waals surface area (Å²) in [4.78, 5) is 0.245. The van der Waals surface area contributed by atoms with Gasteiger partial charge in [0.2, 0.25) is 10.0 Å². The normalized spacial score (nSPS) is 12.0. The van der Waals surface area contributed by atoms with Gasteiger partial charge in [0.1, 0.15) is 16.4 Å². The summed E-state index contributed by atoms with van der Waals surface area (Å²) >= 11 is 1.85. The summed E-state index contributed by atoms with van der Waals surface area (Å²) in [6.45, 7) is 2.68. The number of thioether (sulfide) groups is 1. The van der Waals surface area contributed by atoms with Crippen molar-refractivity contribution in [1.29, 1.82) is 0 Å². The van der Waals surface area contributed by atoms with Gasteiger partial charge in [-0.05, 0) is 38.8 Å². The molecule has 0 aliphatic heterocycles. The van der Waals surface area contributed by atoms with E-state index in [0.29, 0.717) is 24.6 Å². The summed E-state index contributed by atoms with van der Waals surface area (Å²) < 4.78 is 32.5. The van der Waals surface area contributed by atoms with Crippen molar-refractivity contribution in [3.05, 3.63) is 17.6 Å². The minimum atomic E-state index is -3.46. The molecule has 1 aromatic rings. The molecule has 0 radical (unpaired) electrons. The number of unbranched alkanes of at least 4 members (excludes halogenated alkanes) is 3. The van der Waals surface area contributed by atoms with Crippen LogP contribution in [0.3, 0.4) is 0 Å². The number of rotatable bonds is 11. The molecule has 0 aliphatic carbocycles. The Hall–Kier alpha value is -0.500. The predicted octanol–water partition coefficient (Wildman–Crippen LogP) is 2.51. The fraction of sp³-hybridized carbons (Fsp3) is 0.714. The molecule has 5 nitrogen and oxygen atoms in total. The fourth-order valence-electron chi connectivity index (χ4n) is 2.06. The Labute approximate surface area is 132 Å². The lowest BCUT2D eigenvalue weighted by Gasteiger charge is -2.05. The Bertz CT molecular complexity index is 512. The van der Waals surface area contributed by atoms with Gasteiger partial charge in [-0.25, -0.2) is 13.1 Å². The maximum atomic E-state index is 12.2. The zero-order valence-electron chi connectivity index (χ0n) is 13.1. The lowest BCUT2D eigenvalue weighted by Crippen LogP contribution is -2.25. The summed E-state index contributed by atoms with van der Waals surface area (Å²) in [7, 11) is -1.67. The van der Waals surface area contributed by atoms with Crippen molar-refractivity contribution in [1.82, 2.24) is 10.0 Å². The minimum Gasteiger partial charge on any atom is -0.464 e. The van der Waals surface area contributed by atoms with Gasteiger partial charge in [-0.15, -0.1) is 0 Å². The SMILES string of the molecule is CNCc1cc(S(=O)(=O)NCCCCCCSC)c(C)o1. The largest absolute Gasteiger partial charge is 0.464 e. The molecule has 0 unspecified atom stereocenters. The van der Waals surface area contributed by atoms with Gasteiger partial charge in [-0.1, -0.05) is 12.8 Å². The second kappa shape index (κ2) is 9.50. The highest BCUT2D eigenvalue weighted by Gasteiger charge is 2.20. The van der Waals surface area contributed by atoms with Crippen molar-refractivity contribution in [2.45, 2.75) is 44.0 Å². The van der Waals surface area contributed by atoms with Gasteiger partial charge >= 0.3 is 0 Å². The van der Waals surface area contributed by atoms with Crippen LogP contribution in [0.5, 0.6) is 0 Å². The molecule has 0 fully saturated rings. The molecule has 0 atom stereocenters. The Morgan fingerprint density at radius 2 is 1.95 bits per heavy atom. The average molecular weight is 335 g/mol. The number of hydrogen-bond donors (Lipinski definition) is 2. The van der Waals surface area contributed by atoms with Crippen LogP contribution in [-0.4, -0.2) is 34.0 Å². The summed E-state index contributed by atoms with van der Waals surface area (Å²) in [5.41, 5.74) is 0. The summed E-state index contributed by atoms with van der Waals surface area (Å²) in [5, 5.41) is 2.94. The number of hydrogen-bond acceptors (Lipinski definition) is 5. The lowest BCUT2D eigenvalue weighted by molar-refractivity contribution is 0.465. The molecule has 7 heteroatoms. The standard InChI is InChI=1S/C14H26N2O3S2/c1-12-14(10-13(19-12)11-15-2)21(17,18)16-8-6-4-5-7-9-20-3/h10,15-16H,4-9,11H2,1-3H3. The average Bonchev–Trinajstić information content (AvgIpc) is 2.80. The maximum absolute atomic E-state index is 12.2. The summed E-state index contributed by atoms with van der Waals surface area (Å²) in [6.07, 6.45) is 6.37. The molecule has 2 N–H and O–H groups in total. The number of aryl methyl sites for hydroxylation is 1. The lowest BCUT2D eigenvalue weighted by atomic mass is 10.2. The van der Waals surface area contributed by atoms with Gasteiger partial charge in [-0.2, -0.15) is 11.8 Å². The minimum absolute atomic E-state index is 0.245. The van der Waals surface area contributed by atoms with Gasteiger partial charge in [0.05, 0.1) is 6.54 Å². The van der Waals surface area contributed by atoms with Gasteiger partial charge in [0, 0.05) is 12.6 Å². The highest BCUT2D eigenvalue weighted by molar-refractivity contribution is 7.98. The van der Waals surface area contributed by atoms with Crippen molar-refractivity contribution in [3.8, 4) is 0 Å². The highest BCUT2D eigenvalue weighted by Crippen LogP contribution is 2.19. The van der Waals surface area contributed by atoms with Gasteiger partial charge in [0.15, 0.2) is 0 Å². The molecular weight excluding hydrogens is 308 g/mol. The molecule has 0 spiro atoms. The molecule has 1 aromatic heterocycles. The second-order valence-electron chi connectivity index (χ2n) is 4.97. The number of furan rings is 1.